The SMILES string of the molecule is CN(Cc1ccc(Br)cc1)C(N)=Nc1ccccc1. The van der Waals surface area contributed by atoms with Crippen LogP contribution in [0.5, 0.6) is 0 Å². The van der Waals surface area contributed by atoms with Crippen molar-refractivity contribution < 1.29 is 0 Å². The van der Waals surface area contributed by atoms with Crippen LogP contribution in [0.15, 0.2) is 64.1 Å². The number of hydrogen-bond acceptors (Lipinski definition) is 1. The fourth-order valence-corrected chi connectivity index (χ4v) is 1.93. The molecule has 98 valence electrons. The van der Waals surface area contributed by atoms with Crippen LogP contribution in [0, 0.1) is 0 Å². The molecule has 0 aliphatic heterocycles. The van der Waals surface area contributed by atoms with Gasteiger partial charge in [0.2, 0.25) is 0 Å². The van der Waals surface area contributed by atoms with Gasteiger partial charge in [0.15, 0.2) is 5.96 Å². The van der Waals surface area contributed by atoms with Crippen molar-refractivity contribution in [2.75, 3.05) is 7.05 Å². The van der Waals surface area contributed by atoms with Crippen LogP contribution in [0.25, 0.3) is 0 Å². The molecular weight excluding hydrogens is 302 g/mol. The van der Waals surface area contributed by atoms with Gasteiger partial charge in [-0.2, -0.15) is 0 Å². The molecule has 3 nitrogen and oxygen atoms in total. The molecule has 0 saturated heterocycles. The summed E-state index contributed by atoms with van der Waals surface area (Å²) in [7, 11) is 1.93. The van der Waals surface area contributed by atoms with Gasteiger partial charge in [0, 0.05) is 18.1 Å². The second-order valence-corrected chi connectivity index (χ2v) is 5.20. The fraction of sp³-hybridized carbons (Fsp3) is 0.133. The van der Waals surface area contributed by atoms with Crippen LogP contribution in [-0.2, 0) is 6.54 Å². The monoisotopic (exact) mass is 317 g/mol. The van der Waals surface area contributed by atoms with Crippen molar-refractivity contribution in [2.24, 2.45) is 10.7 Å². The summed E-state index contributed by atoms with van der Waals surface area (Å²) in [5.74, 6) is 0.508. The maximum Gasteiger partial charge on any atom is 0.196 e. The fourth-order valence-electron chi connectivity index (χ4n) is 1.66. The molecule has 2 aromatic rings. The lowest BCUT2D eigenvalue weighted by atomic mass is 10.2. The highest BCUT2D eigenvalue weighted by molar-refractivity contribution is 9.10. The van der Waals surface area contributed by atoms with Gasteiger partial charge in [0.25, 0.3) is 0 Å². The molecular formula is C15H16BrN3. The minimum absolute atomic E-state index is 0.508. The summed E-state index contributed by atoms with van der Waals surface area (Å²) >= 11 is 3.42. The van der Waals surface area contributed by atoms with E-state index in [4.69, 9.17) is 5.73 Å². The van der Waals surface area contributed by atoms with Gasteiger partial charge in [-0.15, -0.1) is 0 Å². The standard InChI is InChI=1S/C15H16BrN3/c1-19(11-12-7-9-13(16)10-8-12)15(17)18-14-5-3-2-4-6-14/h2-10H,11H2,1H3,(H2,17,18). The quantitative estimate of drug-likeness (QED) is 0.695. The number of nitrogens with two attached hydrogens (primary N) is 1. The van der Waals surface area contributed by atoms with Gasteiger partial charge in [-0.05, 0) is 29.8 Å². The van der Waals surface area contributed by atoms with Crippen LogP contribution in [0.2, 0.25) is 0 Å². The van der Waals surface area contributed by atoms with Gasteiger partial charge in [0.1, 0.15) is 0 Å². The molecule has 2 rings (SSSR count). The third-order valence-corrected chi connectivity index (χ3v) is 3.25. The Hall–Kier alpha value is -1.81. The highest BCUT2D eigenvalue weighted by Crippen LogP contribution is 2.13. The third kappa shape index (κ3) is 4.10. The van der Waals surface area contributed by atoms with Crippen molar-refractivity contribution in [2.45, 2.75) is 6.54 Å². The molecule has 0 unspecified atom stereocenters. The number of hydrogen-bond donors (Lipinski definition) is 1. The number of guanidine groups is 1. The van der Waals surface area contributed by atoms with Crippen molar-refractivity contribution in [1.29, 1.82) is 0 Å². The smallest absolute Gasteiger partial charge is 0.196 e. The van der Waals surface area contributed by atoms with E-state index >= 15 is 0 Å². The van der Waals surface area contributed by atoms with Crippen LogP contribution in [0.3, 0.4) is 0 Å². The molecule has 0 aromatic heterocycles. The average Bonchev–Trinajstić information content (AvgIpc) is 2.42. The Balaban J connectivity index is 2.05. The predicted octanol–water partition coefficient (Wildman–Crippen LogP) is 3.53. The number of aliphatic imine (C=N–C) groups is 1. The Morgan fingerprint density at radius 3 is 2.37 bits per heavy atom. The van der Waals surface area contributed by atoms with Crippen LogP contribution in [-0.4, -0.2) is 17.9 Å². The van der Waals surface area contributed by atoms with Gasteiger partial charge < -0.3 is 10.6 Å². The largest absolute Gasteiger partial charge is 0.369 e. The van der Waals surface area contributed by atoms with Crippen molar-refractivity contribution in [3.63, 3.8) is 0 Å². The molecule has 4 heteroatoms. The number of benzene rings is 2. The summed E-state index contributed by atoms with van der Waals surface area (Å²) < 4.78 is 1.07. The molecule has 0 radical (unpaired) electrons. The Labute approximate surface area is 121 Å². The molecule has 0 fully saturated rings. The number of nitrogens with zero attached hydrogens (tertiary/aromatic N) is 2. The first-order valence-electron chi connectivity index (χ1n) is 6.00. The van der Waals surface area contributed by atoms with E-state index in [-0.39, 0.29) is 0 Å². The summed E-state index contributed by atoms with van der Waals surface area (Å²) in [6.45, 7) is 0.732. The molecule has 0 aliphatic rings. The average molecular weight is 318 g/mol. The van der Waals surface area contributed by atoms with Crippen molar-refractivity contribution in [3.8, 4) is 0 Å². The number of para-hydroxylation sites is 1. The molecule has 0 saturated carbocycles. The molecule has 2 aromatic carbocycles. The van der Waals surface area contributed by atoms with Gasteiger partial charge in [-0.25, -0.2) is 4.99 Å². The Morgan fingerprint density at radius 2 is 1.74 bits per heavy atom. The highest BCUT2D eigenvalue weighted by atomic mass is 79.9. The number of rotatable bonds is 3. The second kappa shape index (κ2) is 6.38. The van der Waals surface area contributed by atoms with Crippen LogP contribution < -0.4 is 5.73 Å². The van der Waals surface area contributed by atoms with E-state index in [1.165, 1.54) is 5.56 Å². The molecule has 0 bridgehead atoms. The van der Waals surface area contributed by atoms with E-state index in [9.17, 15) is 0 Å². The maximum atomic E-state index is 5.99. The second-order valence-electron chi connectivity index (χ2n) is 4.29. The molecule has 0 atom stereocenters. The zero-order chi connectivity index (χ0) is 13.7. The third-order valence-electron chi connectivity index (χ3n) is 2.72. The molecule has 0 spiro atoms. The summed E-state index contributed by atoms with van der Waals surface area (Å²) in [5.41, 5.74) is 8.05. The van der Waals surface area contributed by atoms with Gasteiger partial charge in [-0.3, -0.25) is 0 Å². The first-order chi connectivity index (χ1) is 9.15. The Bertz CT molecular complexity index is 549. The lowest BCUT2D eigenvalue weighted by Gasteiger charge is -2.18. The molecule has 19 heavy (non-hydrogen) atoms. The van der Waals surface area contributed by atoms with E-state index < -0.39 is 0 Å². The summed E-state index contributed by atoms with van der Waals surface area (Å²) in [6.07, 6.45) is 0. The molecule has 2 N–H and O–H groups in total. The van der Waals surface area contributed by atoms with E-state index in [1.54, 1.807) is 0 Å². The van der Waals surface area contributed by atoms with E-state index in [0.29, 0.717) is 5.96 Å². The Morgan fingerprint density at radius 1 is 1.11 bits per heavy atom. The van der Waals surface area contributed by atoms with Crippen molar-refractivity contribution >= 4 is 27.6 Å². The van der Waals surface area contributed by atoms with Crippen LogP contribution in [0.1, 0.15) is 5.56 Å². The molecule has 0 amide bonds. The van der Waals surface area contributed by atoms with E-state index in [1.807, 2.05) is 54.4 Å². The van der Waals surface area contributed by atoms with E-state index in [2.05, 4.69) is 33.1 Å². The lowest BCUT2D eigenvalue weighted by Crippen LogP contribution is -2.33. The first kappa shape index (κ1) is 13.6. The van der Waals surface area contributed by atoms with Crippen LogP contribution in [0.4, 0.5) is 5.69 Å². The Kier molecular flexibility index (Phi) is 4.58. The normalized spacial score (nSPS) is 11.4. The van der Waals surface area contributed by atoms with Gasteiger partial charge in [-0.1, -0.05) is 46.3 Å². The first-order valence-corrected chi connectivity index (χ1v) is 6.79. The van der Waals surface area contributed by atoms with Crippen molar-refractivity contribution in [3.05, 3.63) is 64.6 Å². The minimum Gasteiger partial charge on any atom is -0.369 e. The minimum atomic E-state index is 0.508. The zero-order valence-electron chi connectivity index (χ0n) is 10.8. The molecule has 0 heterocycles. The van der Waals surface area contributed by atoms with Gasteiger partial charge in [0.05, 0.1) is 5.69 Å². The predicted molar refractivity (Wildman–Crippen MR) is 83.3 cm³/mol. The topological polar surface area (TPSA) is 41.6 Å². The van der Waals surface area contributed by atoms with Crippen LogP contribution >= 0.6 is 15.9 Å². The lowest BCUT2D eigenvalue weighted by molar-refractivity contribution is 0.495. The summed E-state index contributed by atoms with van der Waals surface area (Å²) in [4.78, 5) is 6.31. The summed E-state index contributed by atoms with van der Waals surface area (Å²) in [5, 5.41) is 0. The number of halogens is 1. The zero-order valence-corrected chi connectivity index (χ0v) is 12.3. The van der Waals surface area contributed by atoms with Gasteiger partial charge >= 0.3 is 0 Å². The maximum absolute atomic E-state index is 5.99. The van der Waals surface area contributed by atoms with Crippen molar-refractivity contribution in [1.82, 2.24) is 4.90 Å². The van der Waals surface area contributed by atoms with E-state index in [0.717, 1.165) is 16.7 Å². The summed E-state index contributed by atoms with van der Waals surface area (Å²) in [6, 6.07) is 17.9. The highest BCUT2D eigenvalue weighted by Gasteiger charge is 2.03. The molecule has 0 aliphatic carbocycles.